The van der Waals surface area contributed by atoms with Crippen molar-refractivity contribution in [2.24, 2.45) is 0 Å². The number of ether oxygens (including phenoxy) is 1. The van der Waals surface area contributed by atoms with E-state index >= 15 is 0 Å². The molecule has 0 atom stereocenters. The Morgan fingerprint density at radius 3 is 2.57 bits per heavy atom. The third-order valence-corrected chi connectivity index (χ3v) is 2.71. The van der Waals surface area contributed by atoms with E-state index in [4.69, 9.17) is 0 Å². The van der Waals surface area contributed by atoms with Gasteiger partial charge in [-0.15, -0.1) is 0 Å². The zero-order chi connectivity index (χ0) is 11.2. The molecule has 1 N–H and O–H groups in total. The van der Waals surface area contributed by atoms with E-state index in [1.54, 1.807) is 13.8 Å². The fraction of sp³-hybridized carbons (Fsp3) is 0.625. The van der Waals surface area contributed by atoms with Crippen LogP contribution in [0.5, 0.6) is 0 Å². The molecule has 0 heterocycles. The van der Waals surface area contributed by atoms with Gasteiger partial charge in [-0.05, 0) is 13.8 Å². The van der Waals surface area contributed by atoms with Gasteiger partial charge >= 0.3 is 5.97 Å². The van der Waals surface area contributed by atoms with E-state index in [0.717, 1.165) is 6.08 Å². The predicted octanol–water partition coefficient (Wildman–Crippen LogP) is 0.0434. The Morgan fingerprint density at radius 1 is 1.57 bits per heavy atom. The van der Waals surface area contributed by atoms with Crippen LogP contribution in [0, 0.1) is 0 Å². The average molecular weight is 221 g/mol. The van der Waals surface area contributed by atoms with E-state index in [1.165, 1.54) is 0 Å². The van der Waals surface area contributed by atoms with Crippen molar-refractivity contribution in [3.63, 3.8) is 0 Å². The number of nitrogens with one attached hydrogen (secondary N) is 1. The summed E-state index contributed by atoms with van der Waals surface area (Å²) in [4.78, 5) is 10.6. The monoisotopic (exact) mass is 221 g/mol. The quantitative estimate of drug-likeness (QED) is 0.508. The third-order valence-electron chi connectivity index (χ3n) is 1.18. The molecule has 0 amide bonds. The minimum Gasteiger partial charge on any atom is -0.461 e. The first-order valence-corrected chi connectivity index (χ1v) is 5.82. The molecule has 6 heteroatoms. The molecule has 0 bridgehead atoms. The van der Waals surface area contributed by atoms with Gasteiger partial charge in [0.05, 0.1) is 5.75 Å². The number of hydrogen-bond donors (Lipinski definition) is 1. The molecule has 0 aromatic rings. The van der Waals surface area contributed by atoms with Gasteiger partial charge in [-0.1, -0.05) is 6.58 Å². The highest BCUT2D eigenvalue weighted by atomic mass is 32.2. The van der Waals surface area contributed by atoms with Crippen LogP contribution in [0.2, 0.25) is 0 Å². The maximum absolute atomic E-state index is 11.2. The average Bonchev–Trinajstić information content (AvgIpc) is 2.01. The molecule has 0 aliphatic rings. The highest BCUT2D eigenvalue weighted by Gasteiger charge is 2.12. The lowest BCUT2D eigenvalue weighted by molar-refractivity contribution is -0.137. The van der Waals surface area contributed by atoms with Crippen LogP contribution in [0.3, 0.4) is 0 Å². The van der Waals surface area contributed by atoms with Gasteiger partial charge in [0.2, 0.25) is 10.0 Å². The standard InChI is InChI=1S/C8H15NO4S/c1-4-8(10)13-5-6-14(11,12)9-7(2)3/h4,7,9H,1,5-6H2,2-3H3. The summed E-state index contributed by atoms with van der Waals surface area (Å²) in [5.74, 6) is -0.852. The number of sulfonamides is 1. The predicted molar refractivity (Wildman–Crippen MR) is 53.2 cm³/mol. The molecule has 14 heavy (non-hydrogen) atoms. The molecule has 0 aromatic heterocycles. The van der Waals surface area contributed by atoms with Crippen LogP contribution >= 0.6 is 0 Å². The van der Waals surface area contributed by atoms with Crippen LogP contribution in [0.4, 0.5) is 0 Å². The molecule has 5 nitrogen and oxygen atoms in total. The maximum atomic E-state index is 11.2. The van der Waals surface area contributed by atoms with E-state index in [-0.39, 0.29) is 18.4 Å². The van der Waals surface area contributed by atoms with Crippen molar-refractivity contribution in [1.29, 1.82) is 0 Å². The molecule has 0 rings (SSSR count). The van der Waals surface area contributed by atoms with Crippen LogP contribution < -0.4 is 4.72 Å². The molecule has 0 aliphatic carbocycles. The molecule has 82 valence electrons. The minimum absolute atomic E-state index is 0.157. The maximum Gasteiger partial charge on any atom is 0.330 e. The molecule has 0 unspecified atom stereocenters. The second-order valence-corrected chi connectivity index (χ2v) is 4.84. The van der Waals surface area contributed by atoms with Crippen LogP contribution in [0.1, 0.15) is 13.8 Å². The van der Waals surface area contributed by atoms with Crippen molar-refractivity contribution in [2.75, 3.05) is 12.4 Å². The normalized spacial score (nSPS) is 11.4. The summed E-state index contributed by atoms with van der Waals surface area (Å²) in [6.07, 6.45) is 0.989. The van der Waals surface area contributed by atoms with E-state index in [1.807, 2.05) is 0 Å². The molecule has 0 fully saturated rings. The van der Waals surface area contributed by atoms with Crippen LogP contribution in [0.15, 0.2) is 12.7 Å². The smallest absolute Gasteiger partial charge is 0.330 e. The lowest BCUT2D eigenvalue weighted by atomic mass is 10.4. The summed E-state index contributed by atoms with van der Waals surface area (Å²) in [6.45, 7) is 6.46. The lowest BCUT2D eigenvalue weighted by Crippen LogP contribution is -2.33. The van der Waals surface area contributed by atoms with E-state index in [2.05, 4.69) is 16.0 Å². The Morgan fingerprint density at radius 2 is 2.14 bits per heavy atom. The van der Waals surface area contributed by atoms with E-state index in [9.17, 15) is 13.2 Å². The first-order chi connectivity index (χ1) is 6.37. The Bertz CT molecular complexity index is 294. The Hall–Kier alpha value is -0.880. The lowest BCUT2D eigenvalue weighted by Gasteiger charge is -2.08. The Labute approximate surface area is 84.2 Å². The molecule has 0 spiro atoms. The summed E-state index contributed by atoms with van der Waals surface area (Å²) in [5.41, 5.74) is 0. The SMILES string of the molecule is C=CC(=O)OCCS(=O)(=O)NC(C)C. The summed E-state index contributed by atoms with van der Waals surface area (Å²) in [6, 6.07) is -0.157. The van der Waals surface area contributed by atoms with Crippen molar-refractivity contribution in [3.8, 4) is 0 Å². The van der Waals surface area contributed by atoms with E-state index < -0.39 is 16.0 Å². The fourth-order valence-electron chi connectivity index (χ4n) is 0.729. The zero-order valence-corrected chi connectivity index (χ0v) is 9.13. The summed E-state index contributed by atoms with van der Waals surface area (Å²) in [5, 5.41) is 0. The topological polar surface area (TPSA) is 72.5 Å². The van der Waals surface area contributed by atoms with Crippen molar-refractivity contribution in [1.82, 2.24) is 4.72 Å². The number of hydrogen-bond acceptors (Lipinski definition) is 4. The molecular weight excluding hydrogens is 206 g/mol. The van der Waals surface area contributed by atoms with Gasteiger partial charge in [0.25, 0.3) is 0 Å². The van der Waals surface area contributed by atoms with Crippen molar-refractivity contribution < 1.29 is 17.9 Å². The number of carbonyl (C=O) groups is 1. The number of carbonyl (C=O) groups excluding carboxylic acids is 1. The van der Waals surface area contributed by atoms with Gasteiger partial charge in [-0.25, -0.2) is 17.9 Å². The van der Waals surface area contributed by atoms with Gasteiger partial charge in [0.15, 0.2) is 0 Å². The fourth-order valence-corrected chi connectivity index (χ4v) is 1.87. The molecule has 0 radical (unpaired) electrons. The first-order valence-electron chi connectivity index (χ1n) is 4.16. The van der Waals surface area contributed by atoms with Gasteiger partial charge in [-0.3, -0.25) is 0 Å². The minimum atomic E-state index is -3.35. The molecule has 0 aromatic carbocycles. The number of rotatable bonds is 6. The third kappa shape index (κ3) is 6.62. The van der Waals surface area contributed by atoms with Crippen LogP contribution in [0.25, 0.3) is 0 Å². The number of esters is 1. The molecule has 0 saturated heterocycles. The molecular formula is C8H15NO4S. The van der Waals surface area contributed by atoms with Crippen molar-refractivity contribution in [3.05, 3.63) is 12.7 Å². The van der Waals surface area contributed by atoms with E-state index in [0.29, 0.717) is 0 Å². The van der Waals surface area contributed by atoms with Crippen LogP contribution in [-0.4, -0.2) is 32.8 Å². The van der Waals surface area contributed by atoms with Crippen molar-refractivity contribution in [2.45, 2.75) is 19.9 Å². The summed E-state index contributed by atoms with van der Waals surface area (Å²) < 4.78 is 29.3. The second-order valence-electron chi connectivity index (χ2n) is 2.96. The largest absolute Gasteiger partial charge is 0.461 e. The second kappa shape index (κ2) is 5.77. The highest BCUT2D eigenvalue weighted by molar-refractivity contribution is 7.89. The van der Waals surface area contributed by atoms with Gasteiger partial charge in [-0.2, -0.15) is 0 Å². The zero-order valence-electron chi connectivity index (χ0n) is 8.32. The van der Waals surface area contributed by atoms with Crippen molar-refractivity contribution >= 4 is 16.0 Å². The molecule has 0 saturated carbocycles. The van der Waals surface area contributed by atoms with Crippen LogP contribution in [-0.2, 0) is 19.6 Å². The van der Waals surface area contributed by atoms with Gasteiger partial charge in [0, 0.05) is 12.1 Å². The Balaban J connectivity index is 3.89. The summed E-state index contributed by atoms with van der Waals surface area (Å²) in [7, 11) is -3.35. The van der Waals surface area contributed by atoms with Gasteiger partial charge in [0.1, 0.15) is 6.61 Å². The highest BCUT2D eigenvalue weighted by Crippen LogP contribution is 1.90. The van der Waals surface area contributed by atoms with Gasteiger partial charge < -0.3 is 4.74 Å². The summed E-state index contributed by atoms with van der Waals surface area (Å²) >= 11 is 0. The Kier molecular flexibility index (Phi) is 5.40. The first kappa shape index (κ1) is 13.1. The molecule has 0 aliphatic heterocycles.